The molecule has 0 saturated heterocycles. The van der Waals surface area contributed by atoms with E-state index in [-0.39, 0.29) is 11.0 Å². The summed E-state index contributed by atoms with van der Waals surface area (Å²) < 4.78 is 2.05. The lowest BCUT2D eigenvalue weighted by Crippen LogP contribution is -2.14. The van der Waals surface area contributed by atoms with Gasteiger partial charge < -0.3 is 5.11 Å². The van der Waals surface area contributed by atoms with Gasteiger partial charge in [-0.25, -0.2) is 14.5 Å². The maximum atomic E-state index is 11.5. The quantitative estimate of drug-likeness (QED) is 0.525. The molecule has 1 aromatic carbocycles. The van der Waals surface area contributed by atoms with Crippen molar-refractivity contribution in [1.82, 2.24) is 19.7 Å². The molecular weight excluding hydrogens is 376 g/mol. The SMILES string of the molecule is CCCCCn1nc(C(C)(C)C)nc1Cc1ccc(-c2cnccc2C(=O)O)cc1. The lowest BCUT2D eigenvalue weighted by atomic mass is 9.96. The van der Waals surface area contributed by atoms with Gasteiger partial charge in [0.05, 0.1) is 5.56 Å². The summed E-state index contributed by atoms with van der Waals surface area (Å²) >= 11 is 0. The first kappa shape index (κ1) is 21.7. The number of rotatable bonds is 8. The first-order chi connectivity index (χ1) is 14.3. The third kappa shape index (κ3) is 5.12. The van der Waals surface area contributed by atoms with E-state index in [2.05, 4.69) is 32.7 Å². The molecule has 3 rings (SSSR count). The zero-order valence-corrected chi connectivity index (χ0v) is 18.2. The maximum Gasteiger partial charge on any atom is 0.336 e. The lowest BCUT2D eigenvalue weighted by Gasteiger charge is -2.12. The molecule has 6 nitrogen and oxygen atoms in total. The molecule has 0 aliphatic carbocycles. The zero-order valence-electron chi connectivity index (χ0n) is 18.2. The van der Waals surface area contributed by atoms with Crippen molar-refractivity contribution in [3.8, 4) is 11.1 Å². The van der Waals surface area contributed by atoms with Crippen LogP contribution in [-0.2, 0) is 18.4 Å². The van der Waals surface area contributed by atoms with E-state index in [0.29, 0.717) is 12.0 Å². The van der Waals surface area contributed by atoms with Gasteiger partial charge in [0.25, 0.3) is 0 Å². The molecule has 6 heteroatoms. The van der Waals surface area contributed by atoms with Gasteiger partial charge in [-0.05, 0) is 23.6 Å². The van der Waals surface area contributed by atoms with Crippen molar-refractivity contribution < 1.29 is 9.90 Å². The summed E-state index contributed by atoms with van der Waals surface area (Å²) in [5, 5.41) is 14.2. The summed E-state index contributed by atoms with van der Waals surface area (Å²) in [4.78, 5) is 20.4. The molecule has 2 aromatic heterocycles. The number of aromatic nitrogens is 4. The van der Waals surface area contributed by atoms with Crippen molar-refractivity contribution in [3.05, 3.63) is 65.5 Å². The van der Waals surface area contributed by atoms with Crippen molar-refractivity contribution in [3.63, 3.8) is 0 Å². The Hall–Kier alpha value is -3.02. The number of hydrogen-bond donors (Lipinski definition) is 1. The smallest absolute Gasteiger partial charge is 0.336 e. The van der Waals surface area contributed by atoms with Crippen molar-refractivity contribution in [2.75, 3.05) is 0 Å². The Morgan fingerprint density at radius 1 is 1.10 bits per heavy atom. The van der Waals surface area contributed by atoms with Crippen LogP contribution in [0, 0.1) is 0 Å². The second-order valence-corrected chi connectivity index (χ2v) is 8.63. The predicted octanol–water partition coefficient (Wildman–Crippen LogP) is 5.12. The van der Waals surface area contributed by atoms with Crippen LogP contribution in [-0.4, -0.2) is 30.8 Å². The highest BCUT2D eigenvalue weighted by atomic mass is 16.4. The molecular formula is C24H30N4O2. The number of pyridine rings is 1. The molecule has 0 fully saturated rings. The van der Waals surface area contributed by atoms with Crippen LogP contribution in [0.15, 0.2) is 42.7 Å². The van der Waals surface area contributed by atoms with Gasteiger partial charge in [0.2, 0.25) is 0 Å². The van der Waals surface area contributed by atoms with Crippen molar-refractivity contribution >= 4 is 5.97 Å². The van der Waals surface area contributed by atoms with Crippen LogP contribution in [0.1, 0.15) is 74.5 Å². The van der Waals surface area contributed by atoms with Gasteiger partial charge in [0.1, 0.15) is 5.82 Å². The average Bonchev–Trinajstić information content (AvgIpc) is 3.12. The highest BCUT2D eigenvalue weighted by Crippen LogP contribution is 2.25. The van der Waals surface area contributed by atoms with E-state index < -0.39 is 5.97 Å². The van der Waals surface area contributed by atoms with Crippen molar-refractivity contribution in [1.29, 1.82) is 0 Å². The third-order valence-electron chi connectivity index (χ3n) is 5.07. The Kier molecular flexibility index (Phi) is 6.65. The summed E-state index contributed by atoms with van der Waals surface area (Å²) in [6, 6.07) is 9.46. The number of benzene rings is 1. The molecule has 2 heterocycles. The van der Waals surface area contributed by atoms with Gasteiger partial charge in [-0.2, -0.15) is 5.10 Å². The third-order valence-corrected chi connectivity index (χ3v) is 5.07. The maximum absolute atomic E-state index is 11.5. The number of carbonyl (C=O) groups is 1. The summed E-state index contributed by atoms with van der Waals surface area (Å²) in [6.07, 6.45) is 7.22. The normalized spacial score (nSPS) is 11.6. The van der Waals surface area contributed by atoms with Gasteiger partial charge in [0.15, 0.2) is 5.82 Å². The van der Waals surface area contributed by atoms with E-state index in [9.17, 15) is 9.90 Å². The Bertz CT molecular complexity index is 1000. The molecule has 3 aromatic rings. The number of carboxylic acids is 1. The van der Waals surface area contributed by atoms with Crippen LogP contribution >= 0.6 is 0 Å². The van der Waals surface area contributed by atoms with Crippen molar-refractivity contribution in [2.45, 2.75) is 65.3 Å². The minimum atomic E-state index is -0.952. The fourth-order valence-electron chi connectivity index (χ4n) is 3.31. The summed E-state index contributed by atoms with van der Waals surface area (Å²) in [5.41, 5.74) is 2.73. The van der Waals surface area contributed by atoms with Gasteiger partial charge in [-0.3, -0.25) is 4.98 Å². The number of carboxylic acid groups (broad SMARTS) is 1. The molecule has 0 aliphatic heterocycles. The minimum Gasteiger partial charge on any atom is -0.478 e. The summed E-state index contributed by atoms with van der Waals surface area (Å²) in [5.74, 6) is 0.884. The first-order valence-electron chi connectivity index (χ1n) is 10.5. The number of unbranched alkanes of at least 4 members (excludes halogenated alkanes) is 2. The lowest BCUT2D eigenvalue weighted by molar-refractivity contribution is 0.0697. The van der Waals surface area contributed by atoms with Gasteiger partial charge in [0, 0.05) is 36.3 Å². The molecule has 30 heavy (non-hydrogen) atoms. The van der Waals surface area contributed by atoms with Crippen LogP contribution in [0.25, 0.3) is 11.1 Å². The molecule has 0 bridgehead atoms. The molecule has 0 atom stereocenters. The second kappa shape index (κ2) is 9.20. The largest absolute Gasteiger partial charge is 0.478 e. The monoisotopic (exact) mass is 406 g/mol. The number of aromatic carboxylic acids is 1. The van der Waals surface area contributed by atoms with Gasteiger partial charge in [-0.1, -0.05) is 64.8 Å². The van der Waals surface area contributed by atoms with E-state index in [0.717, 1.165) is 35.7 Å². The average molecular weight is 407 g/mol. The van der Waals surface area contributed by atoms with Gasteiger partial charge in [-0.15, -0.1) is 0 Å². The molecule has 158 valence electrons. The topological polar surface area (TPSA) is 80.9 Å². The molecule has 0 spiro atoms. The first-order valence-corrected chi connectivity index (χ1v) is 10.5. The van der Waals surface area contributed by atoms with Crippen LogP contribution in [0.4, 0.5) is 0 Å². The Morgan fingerprint density at radius 3 is 2.47 bits per heavy atom. The van der Waals surface area contributed by atoms with Crippen LogP contribution in [0.2, 0.25) is 0 Å². The highest BCUT2D eigenvalue weighted by Gasteiger charge is 2.22. The Labute approximate surface area is 178 Å². The van der Waals surface area contributed by atoms with Crippen molar-refractivity contribution in [2.24, 2.45) is 0 Å². The van der Waals surface area contributed by atoms with E-state index >= 15 is 0 Å². The summed E-state index contributed by atoms with van der Waals surface area (Å²) in [6.45, 7) is 9.46. The molecule has 0 unspecified atom stereocenters. The van der Waals surface area contributed by atoms with Crippen LogP contribution < -0.4 is 0 Å². The molecule has 0 radical (unpaired) electrons. The Balaban J connectivity index is 1.85. The van der Waals surface area contributed by atoms with E-state index in [1.807, 2.05) is 28.9 Å². The number of hydrogen-bond acceptors (Lipinski definition) is 4. The molecule has 0 aliphatic rings. The molecule has 0 amide bonds. The zero-order chi connectivity index (χ0) is 21.7. The van der Waals surface area contributed by atoms with E-state index in [1.165, 1.54) is 25.1 Å². The van der Waals surface area contributed by atoms with Crippen LogP contribution in [0.3, 0.4) is 0 Å². The summed E-state index contributed by atoms with van der Waals surface area (Å²) in [7, 11) is 0. The fourth-order valence-corrected chi connectivity index (χ4v) is 3.31. The minimum absolute atomic E-state index is 0.0951. The Morgan fingerprint density at radius 2 is 1.83 bits per heavy atom. The predicted molar refractivity (Wildman–Crippen MR) is 118 cm³/mol. The number of nitrogens with zero attached hydrogens (tertiary/aromatic N) is 4. The number of aryl methyl sites for hydroxylation is 1. The fraction of sp³-hybridized carbons (Fsp3) is 0.417. The van der Waals surface area contributed by atoms with Crippen LogP contribution in [0.5, 0.6) is 0 Å². The molecule has 1 N–H and O–H groups in total. The standard InChI is InChI=1S/C24H30N4O2/c1-5-6-7-14-28-21(26-23(27-28)24(2,3)4)15-17-8-10-18(11-9-17)20-16-25-13-12-19(20)22(29)30/h8-13,16H,5-7,14-15H2,1-4H3,(H,29,30). The van der Waals surface area contributed by atoms with E-state index in [4.69, 9.17) is 10.1 Å². The second-order valence-electron chi connectivity index (χ2n) is 8.63. The van der Waals surface area contributed by atoms with E-state index in [1.54, 1.807) is 6.20 Å². The molecule has 0 saturated carbocycles. The highest BCUT2D eigenvalue weighted by molar-refractivity contribution is 5.95. The van der Waals surface area contributed by atoms with Gasteiger partial charge >= 0.3 is 5.97 Å².